The summed E-state index contributed by atoms with van der Waals surface area (Å²) < 4.78 is 18.2. The van der Waals surface area contributed by atoms with Gasteiger partial charge in [0, 0.05) is 24.0 Å². The van der Waals surface area contributed by atoms with E-state index in [4.69, 9.17) is 4.74 Å². The fourth-order valence-electron chi connectivity index (χ4n) is 1.21. The first-order valence-electron chi connectivity index (χ1n) is 4.62. The highest BCUT2D eigenvalue weighted by atomic mass is 19.1. The van der Waals surface area contributed by atoms with Crippen molar-refractivity contribution in [3.8, 4) is 5.75 Å². The molecule has 2 nitrogen and oxygen atoms in total. The molecule has 0 aliphatic rings. The smallest absolute Gasteiger partial charge is 0.126 e. The van der Waals surface area contributed by atoms with Crippen LogP contribution in [0.5, 0.6) is 5.75 Å². The van der Waals surface area contributed by atoms with Crippen molar-refractivity contribution >= 4 is 0 Å². The minimum atomic E-state index is -0.293. The highest BCUT2D eigenvalue weighted by Gasteiger charge is 1.96. The van der Waals surface area contributed by atoms with E-state index in [0.717, 1.165) is 5.56 Å². The summed E-state index contributed by atoms with van der Waals surface area (Å²) in [7, 11) is 0. The number of hydrogen-bond donors (Lipinski definition) is 0. The second-order valence-electron chi connectivity index (χ2n) is 3.11. The second kappa shape index (κ2) is 4.55. The Morgan fingerprint density at radius 2 is 2.13 bits per heavy atom. The third kappa shape index (κ3) is 2.77. The van der Waals surface area contributed by atoms with E-state index in [1.807, 2.05) is 12.1 Å². The first-order valence-corrected chi connectivity index (χ1v) is 4.62. The van der Waals surface area contributed by atoms with Crippen LogP contribution in [0.2, 0.25) is 0 Å². The van der Waals surface area contributed by atoms with Crippen LogP contribution in [0, 0.1) is 5.82 Å². The van der Waals surface area contributed by atoms with Gasteiger partial charge in [-0.05, 0) is 18.2 Å². The second-order valence-corrected chi connectivity index (χ2v) is 3.11. The Kier molecular flexibility index (Phi) is 2.93. The Balaban J connectivity index is 1.99. The molecule has 2 aromatic rings. The molecule has 0 unspecified atom stereocenters. The molecule has 15 heavy (non-hydrogen) atoms. The molecule has 0 saturated carbocycles. The van der Waals surface area contributed by atoms with Gasteiger partial charge >= 0.3 is 0 Å². The van der Waals surface area contributed by atoms with Crippen LogP contribution in [0.25, 0.3) is 0 Å². The zero-order chi connectivity index (χ0) is 10.5. The summed E-state index contributed by atoms with van der Waals surface area (Å²) in [6.45, 7) is 0.400. The minimum absolute atomic E-state index is 0.293. The quantitative estimate of drug-likeness (QED) is 0.765. The molecular weight excluding hydrogens is 193 g/mol. The first kappa shape index (κ1) is 9.65. The van der Waals surface area contributed by atoms with Crippen molar-refractivity contribution in [1.29, 1.82) is 0 Å². The van der Waals surface area contributed by atoms with Crippen LogP contribution in [0.15, 0.2) is 48.8 Å². The van der Waals surface area contributed by atoms with Gasteiger partial charge in [0.2, 0.25) is 0 Å². The summed E-state index contributed by atoms with van der Waals surface area (Å²) in [5.41, 5.74) is 0.960. The lowest BCUT2D eigenvalue weighted by molar-refractivity contribution is 0.304. The van der Waals surface area contributed by atoms with Crippen molar-refractivity contribution in [1.82, 2.24) is 4.98 Å². The fraction of sp³-hybridized carbons (Fsp3) is 0.0833. The number of nitrogens with zero attached hydrogens (tertiary/aromatic N) is 1. The molecule has 0 saturated heterocycles. The molecule has 3 heteroatoms. The van der Waals surface area contributed by atoms with E-state index < -0.39 is 0 Å². The lowest BCUT2D eigenvalue weighted by Gasteiger charge is -2.05. The largest absolute Gasteiger partial charge is 0.489 e. The standard InChI is InChI=1S/C12H10FNO/c13-11-4-1-5-12(7-11)15-9-10-3-2-6-14-8-10/h1-8H,9H2. The zero-order valence-electron chi connectivity index (χ0n) is 8.06. The maximum atomic E-state index is 12.8. The molecule has 0 spiro atoms. The van der Waals surface area contributed by atoms with E-state index in [-0.39, 0.29) is 5.82 Å². The number of pyridine rings is 1. The molecule has 0 aliphatic heterocycles. The van der Waals surface area contributed by atoms with Crippen molar-refractivity contribution in [2.24, 2.45) is 0 Å². The number of halogens is 1. The van der Waals surface area contributed by atoms with Gasteiger partial charge in [-0.15, -0.1) is 0 Å². The van der Waals surface area contributed by atoms with Crippen LogP contribution in [0.3, 0.4) is 0 Å². The first-order chi connectivity index (χ1) is 7.34. The third-order valence-corrected chi connectivity index (χ3v) is 1.92. The molecule has 0 N–H and O–H groups in total. The third-order valence-electron chi connectivity index (χ3n) is 1.92. The van der Waals surface area contributed by atoms with Crippen molar-refractivity contribution < 1.29 is 9.13 Å². The Hall–Kier alpha value is -1.90. The predicted octanol–water partition coefficient (Wildman–Crippen LogP) is 2.80. The van der Waals surface area contributed by atoms with Crippen LogP contribution >= 0.6 is 0 Å². The Labute approximate surface area is 87.4 Å². The molecule has 0 atom stereocenters. The van der Waals surface area contributed by atoms with E-state index >= 15 is 0 Å². The average molecular weight is 203 g/mol. The summed E-state index contributed by atoms with van der Waals surface area (Å²) in [6, 6.07) is 9.83. The summed E-state index contributed by atoms with van der Waals surface area (Å²) in [5, 5.41) is 0. The predicted molar refractivity (Wildman–Crippen MR) is 55.0 cm³/mol. The maximum Gasteiger partial charge on any atom is 0.126 e. The Morgan fingerprint density at radius 1 is 1.20 bits per heavy atom. The van der Waals surface area contributed by atoms with Crippen LogP contribution in [0.4, 0.5) is 4.39 Å². The van der Waals surface area contributed by atoms with Crippen molar-refractivity contribution in [2.75, 3.05) is 0 Å². The molecule has 2 rings (SSSR count). The van der Waals surface area contributed by atoms with Gasteiger partial charge in [-0.1, -0.05) is 12.1 Å². The van der Waals surface area contributed by atoms with Crippen molar-refractivity contribution in [2.45, 2.75) is 6.61 Å². The monoisotopic (exact) mass is 203 g/mol. The van der Waals surface area contributed by atoms with Crippen molar-refractivity contribution in [3.63, 3.8) is 0 Å². The molecule has 0 bridgehead atoms. The molecule has 1 aromatic carbocycles. The van der Waals surface area contributed by atoms with Gasteiger partial charge in [0.1, 0.15) is 18.2 Å². The molecule has 0 radical (unpaired) electrons. The van der Waals surface area contributed by atoms with E-state index in [1.54, 1.807) is 24.5 Å². The van der Waals surface area contributed by atoms with Crippen molar-refractivity contribution in [3.05, 3.63) is 60.2 Å². The van der Waals surface area contributed by atoms with Gasteiger partial charge < -0.3 is 4.74 Å². The average Bonchev–Trinajstić information content (AvgIpc) is 2.28. The van der Waals surface area contributed by atoms with Gasteiger partial charge in [-0.3, -0.25) is 4.98 Å². The van der Waals surface area contributed by atoms with Gasteiger partial charge in [-0.2, -0.15) is 0 Å². The lowest BCUT2D eigenvalue weighted by atomic mass is 10.3. The number of hydrogen-bond acceptors (Lipinski definition) is 2. The van der Waals surface area contributed by atoms with E-state index in [9.17, 15) is 4.39 Å². The zero-order valence-corrected chi connectivity index (χ0v) is 8.06. The maximum absolute atomic E-state index is 12.8. The van der Waals surface area contributed by atoms with Gasteiger partial charge in [-0.25, -0.2) is 4.39 Å². The lowest BCUT2D eigenvalue weighted by Crippen LogP contribution is -1.95. The summed E-state index contributed by atoms with van der Waals surface area (Å²) in [6.07, 6.45) is 3.42. The summed E-state index contributed by atoms with van der Waals surface area (Å²) >= 11 is 0. The fourth-order valence-corrected chi connectivity index (χ4v) is 1.21. The van der Waals surface area contributed by atoms with Gasteiger partial charge in [0.05, 0.1) is 0 Å². The number of benzene rings is 1. The Bertz CT molecular complexity index is 431. The van der Waals surface area contributed by atoms with E-state index in [0.29, 0.717) is 12.4 Å². The minimum Gasteiger partial charge on any atom is -0.489 e. The number of aromatic nitrogens is 1. The Morgan fingerprint density at radius 3 is 2.87 bits per heavy atom. The molecule has 0 fully saturated rings. The van der Waals surface area contributed by atoms with Crippen LogP contribution < -0.4 is 4.74 Å². The topological polar surface area (TPSA) is 22.1 Å². The molecule has 0 aliphatic carbocycles. The molecule has 1 heterocycles. The van der Waals surface area contributed by atoms with Gasteiger partial charge in [0.25, 0.3) is 0 Å². The molecule has 1 aromatic heterocycles. The van der Waals surface area contributed by atoms with Crippen LogP contribution in [0.1, 0.15) is 5.56 Å². The van der Waals surface area contributed by atoms with E-state index in [2.05, 4.69) is 4.98 Å². The number of ether oxygens (including phenoxy) is 1. The highest BCUT2D eigenvalue weighted by molar-refractivity contribution is 5.23. The van der Waals surface area contributed by atoms with Gasteiger partial charge in [0.15, 0.2) is 0 Å². The molecular formula is C12H10FNO. The van der Waals surface area contributed by atoms with E-state index in [1.165, 1.54) is 12.1 Å². The number of rotatable bonds is 3. The highest BCUT2D eigenvalue weighted by Crippen LogP contribution is 2.13. The summed E-state index contributed by atoms with van der Waals surface area (Å²) in [4.78, 5) is 3.96. The van der Waals surface area contributed by atoms with Crippen LogP contribution in [-0.2, 0) is 6.61 Å². The SMILES string of the molecule is Fc1cccc(OCc2cccnc2)c1. The summed E-state index contributed by atoms with van der Waals surface area (Å²) in [5.74, 6) is 0.234. The molecule has 0 amide bonds. The normalized spacial score (nSPS) is 9.93. The molecule has 76 valence electrons. The van der Waals surface area contributed by atoms with Crippen LogP contribution in [-0.4, -0.2) is 4.98 Å².